The van der Waals surface area contributed by atoms with Crippen molar-refractivity contribution in [1.82, 2.24) is 9.97 Å². The molecule has 2 heterocycles. The summed E-state index contributed by atoms with van der Waals surface area (Å²) in [5.41, 5.74) is 6.12. The van der Waals surface area contributed by atoms with Crippen molar-refractivity contribution in [1.29, 1.82) is 0 Å². The fourth-order valence-electron chi connectivity index (χ4n) is 1.52. The summed E-state index contributed by atoms with van der Waals surface area (Å²) in [6.07, 6.45) is 1.65. The van der Waals surface area contributed by atoms with E-state index in [2.05, 4.69) is 41.3 Å². The van der Waals surface area contributed by atoms with Crippen molar-refractivity contribution in [3.8, 4) is 0 Å². The Morgan fingerprint density at radius 2 is 2.22 bits per heavy atom. The molecule has 0 fully saturated rings. The molecule has 2 aromatic rings. The predicted octanol–water partition coefficient (Wildman–Crippen LogP) is 2.65. The maximum atomic E-state index is 5.54. The fraction of sp³-hybridized carbons (Fsp3) is 0.250. The lowest BCUT2D eigenvalue weighted by molar-refractivity contribution is 0.879. The summed E-state index contributed by atoms with van der Waals surface area (Å²) >= 11 is 6.65. The predicted molar refractivity (Wildman–Crippen MR) is 79.0 cm³/mol. The molecule has 94 valence electrons. The molecule has 0 bridgehead atoms. The van der Waals surface area contributed by atoms with Crippen LogP contribution in [0.15, 0.2) is 24.4 Å². The van der Waals surface area contributed by atoms with Gasteiger partial charge in [0, 0.05) is 16.0 Å². The molecule has 6 heteroatoms. The van der Waals surface area contributed by atoms with Crippen LogP contribution in [-0.2, 0) is 0 Å². The van der Waals surface area contributed by atoms with Crippen molar-refractivity contribution in [2.75, 3.05) is 5.32 Å². The van der Waals surface area contributed by atoms with Crippen molar-refractivity contribution < 1.29 is 0 Å². The van der Waals surface area contributed by atoms with Gasteiger partial charge in [-0.25, -0.2) is 9.97 Å². The number of thiocarbonyl (C=S) groups is 1. The molecule has 1 atom stereocenters. The molecule has 0 radical (unpaired) electrons. The fourth-order valence-corrected chi connectivity index (χ4v) is 2.51. The van der Waals surface area contributed by atoms with Gasteiger partial charge in [-0.3, -0.25) is 0 Å². The SMILES string of the molecule is Cc1ccc(C(C)Nc2nccc(C(N)=S)n2)s1. The van der Waals surface area contributed by atoms with Crippen LogP contribution in [0.4, 0.5) is 5.95 Å². The topological polar surface area (TPSA) is 63.8 Å². The number of hydrogen-bond donors (Lipinski definition) is 2. The van der Waals surface area contributed by atoms with Gasteiger partial charge < -0.3 is 11.1 Å². The van der Waals surface area contributed by atoms with E-state index in [1.54, 1.807) is 23.6 Å². The Balaban J connectivity index is 2.14. The van der Waals surface area contributed by atoms with Crippen molar-refractivity contribution >= 4 is 34.5 Å². The highest BCUT2D eigenvalue weighted by Crippen LogP contribution is 2.24. The van der Waals surface area contributed by atoms with Crippen LogP contribution in [0.3, 0.4) is 0 Å². The zero-order valence-corrected chi connectivity index (χ0v) is 11.8. The third-order valence-corrected chi connectivity index (χ3v) is 3.83. The molecule has 0 saturated heterocycles. The van der Waals surface area contributed by atoms with Crippen molar-refractivity contribution in [2.45, 2.75) is 19.9 Å². The second-order valence-electron chi connectivity index (χ2n) is 3.94. The lowest BCUT2D eigenvalue weighted by Gasteiger charge is -2.12. The lowest BCUT2D eigenvalue weighted by Crippen LogP contribution is -2.14. The molecule has 0 aliphatic rings. The van der Waals surface area contributed by atoms with Crippen LogP contribution in [0.1, 0.15) is 28.4 Å². The third kappa shape index (κ3) is 3.02. The minimum atomic E-state index is 0.158. The van der Waals surface area contributed by atoms with E-state index >= 15 is 0 Å². The Hall–Kier alpha value is -1.53. The second-order valence-corrected chi connectivity index (χ2v) is 5.70. The Labute approximate surface area is 115 Å². The molecular weight excluding hydrogens is 264 g/mol. The Kier molecular flexibility index (Phi) is 3.88. The van der Waals surface area contributed by atoms with E-state index in [0.29, 0.717) is 11.6 Å². The molecule has 3 N–H and O–H groups in total. The molecule has 18 heavy (non-hydrogen) atoms. The number of aromatic nitrogens is 2. The quantitative estimate of drug-likeness (QED) is 0.842. The van der Waals surface area contributed by atoms with E-state index in [-0.39, 0.29) is 11.0 Å². The van der Waals surface area contributed by atoms with Gasteiger partial charge in [0.05, 0.1) is 6.04 Å². The standard InChI is InChI=1S/C12H14N4S2/c1-7-3-4-10(18-7)8(2)15-12-14-6-5-9(16-12)11(13)17/h3-6,8H,1-2H3,(H2,13,17)(H,14,15,16). The minimum absolute atomic E-state index is 0.158. The summed E-state index contributed by atoms with van der Waals surface area (Å²) < 4.78 is 0. The summed E-state index contributed by atoms with van der Waals surface area (Å²) in [4.78, 5) is 11.2. The number of thiophene rings is 1. The highest BCUT2D eigenvalue weighted by atomic mass is 32.1. The third-order valence-electron chi connectivity index (χ3n) is 2.44. The number of hydrogen-bond acceptors (Lipinski definition) is 5. The zero-order chi connectivity index (χ0) is 13.1. The van der Waals surface area contributed by atoms with Gasteiger partial charge in [0.1, 0.15) is 10.7 Å². The summed E-state index contributed by atoms with van der Waals surface area (Å²) in [6.45, 7) is 4.16. The average molecular weight is 278 g/mol. The van der Waals surface area contributed by atoms with Gasteiger partial charge in [-0.1, -0.05) is 12.2 Å². The summed E-state index contributed by atoms with van der Waals surface area (Å²) in [5, 5.41) is 3.24. The van der Waals surface area contributed by atoms with E-state index in [9.17, 15) is 0 Å². The van der Waals surface area contributed by atoms with E-state index in [1.165, 1.54) is 9.75 Å². The van der Waals surface area contributed by atoms with E-state index < -0.39 is 0 Å². The number of aryl methyl sites for hydroxylation is 1. The first-order valence-electron chi connectivity index (χ1n) is 5.52. The van der Waals surface area contributed by atoms with Gasteiger partial charge in [-0.05, 0) is 32.0 Å². The normalized spacial score (nSPS) is 12.1. The van der Waals surface area contributed by atoms with E-state index in [1.807, 2.05) is 0 Å². The molecule has 4 nitrogen and oxygen atoms in total. The Morgan fingerprint density at radius 1 is 1.44 bits per heavy atom. The Morgan fingerprint density at radius 3 is 2.83 bits per heavy atom. The number of nitrogens with zero attached hydrogens (tertiary/aromatic N) is 2. The number of nitrogens with two attached hydrogens (primary N) is 1. The van der Waals surface area contributed by atoms with Crippen molar-refractivity contribution in [3.05, 3.63) is 39.8 Å². The number of rotatable bonds is 4. The maximum absolute atomic E-state index is 5.54. The van der Waals surface area contributed by atoms with Crippen LogP contribution in [0.2, 0.25) is 0 Å². The van der Waals surface area contributed by atoms with Gasteiger partial charge in [0.15, 0.2) is 0 Å². The van der Waals surface area contributed by atoms with Gasteiger partial charge >= 0.3 is 0 Å². The molecule has 0 aliphatic heterocycles. The van der Waals surface area contributed by atoms with E-state index in [0.717, 1.165) is 0 Å². The average Bonchev–Trinajstić information content (AvgIpc) is 2.76. The van der Waals surface area contributed by atoms with Crippen LogP contribution < -0.4 is 11.1 Å². The maximum Gasteiger partial charge on any atom is 0.223 e. The van der Waals surface area contributed by atoms with Crippen molar-refractivity contribution in [3.63, 3.8) is 0 Å². The van der Waals surface area contributed by atoms with Crippen LogP contribution in [0.25, 0.3) is 0 Å². The Bertz CT molecular complexity index is 565. The first kappa shape index (κ1) is 12.9. The van der Waals surface area contributed by atoms with Crippen LogP contribution in [0, 0.1) is 6.92 Å². The molecule has 0 saturated carbocycles. The first-order valence-corrected chi connectivity index (χ1v) is 6.74. The van der Waals surface area contributed by atoms with Gasteiger partial charge in [-0.2, -0.15) is 0 Å². The smallest absolute Gasteiger partial charge is 0.223 e. The molecule has 2 aromatic heterocycles. The molecular formula is C12H14N4S2. The molecule has 0 amide bonds. The molecule has 0 aromatic carbocycles. The summed E-state index contributed by atoms with van der Waals surface area (Å²) in [7, 11) is 0. The van der Waals surface area contributed by atoms with Crippen molar-refractivity contribution in [2.24, 2.45) is 5.73 Å². The largest absolute Gasteiger partial charge is 0.388 e. The van der Waals surface area contributed by atoms with Crippen LogP contribution >= 0.6 is 23.6 Å². The van der Waals surface area contributed by atoms with Gasteiger partial charge in [-0.15, -0.1) is 11.3 Å². The van der Waals surface area contributed by atoms with Crippen LogP contribution in [0.5, 0.6) is 0 Å². The summed E-state index contributed by atoms with van der Waals surface area (Å²) in [6, 6.07) is 6.07. The van der Waals surface area contributed by atoms with Gasteiger partial charge in [0.2, 0.25) is 5.95 Å². The minimum Gasteiger partial charge on any atom is -0.388 e. The second kappa shape index (κ2) is 5.41. The first-order chi connectivity index (χ1) is 8.56. The molecule has 1 unspecified atom stereocenters. The monoisotopic (exact) mass is 278 g/mol. The highest BCUT2D eigenvalue weighted by Gasteiger charge is 2.09. The molecule has 0 spiro atoms. The molecule has 2 rings (SSSR count). The number of anilines is 1. The summed E-state index contributed by atoms with van der Waals surface area (Å²) in [5.74, 6) is 0.541. The molecule has 0 aliphatic carbocycles. The zero-order valence-electron chi connectivity index (χ0n) is 10.2. The van der Waals surface area contributed by atoms with E-state index in [4.69, 9.17) is 18.0 Å². The highest BCUT2D eigenvalue weighted by molar-refractivity contribution is 7.80. The van der Waals surface area contributed by atoms with Gasteiger partial charge in [0.25, 0.3) is 0 Å². The van der Waals surface area contributed by atoms with Crippen LogP contribution in [-0.4, -0.2) is 15.0 Å². The number of nitrogens with one attached hydrogen (secondary N) is 1. The lowest BCUT2D eigenvalue weighted by atomic mass is 10.3.